The average Bonchev–Trinajstić information content (AvgIpc) is 2.61. The van der Waals surface area contributed by atoms with Crippen LogP contribution in [0, 0.1) is 5.92 Å². The number of methoxy groups -OCH3 is 1. The smallest absolute Gasteiger partial charge is 0.332 e. The van der Waals surface area contributed by atoms with Crippen molar-refractivity contribution < 1.29 is 9.53 Å². The molecule has 2 aromatic rings. The number of ether oxygens (including phenoxy) is 1. The zero-order valence-corrected chi connectivity index (χ0v) is 14.0. The number of carbonyl (C=O) groups excluding carboxylic acids is 1. The summed E-state index contributed by atoms with van der Waals surface area (Å²) in [7, 11) is 1.31. The van der Waals surface area contributed by atoms with Crippen LogP contribution in [0.3, 0.4) is 0 Å². The standard InChI is InChI=1S/C18H22N2O4/c1-3-12-8-6-7-11-18(12,16(22)24-2)20-15(21)13-9-4-5-10-14(13)19-17(20)23/h4-5,9-10,12H,3,6-8,11H2,1-2H3,(H,19,23). The van der Waals surface area contributed by atoms with Gasteiger partial charge in [-0.3, -0.25) is 4.79 Å². The molecule has 24 heavy (non-hydrogen) atoms. The lowest BCUT2D eigenvalue weighted by Gasteiger charge is -2.42. The molecule has 1 saturated carbocycles. The zero-order chi connectivity index (χ0) is 17.3. The number of hydrogen-bond donors (Lipinski definition) is 1. The van der Waals surface area contributed by atoms with Gasteiger partial charge in [0.25, 0.3) is 5.56 Å². The topological polar surface area (TPSA) is 81.2 Å². The molecule has 1 aliphatic rings. The van der Waals surface area contributed by atoms with Crippen molar-refractivity contribution in [3.63, 3.8) is 0 Å². The molecule has 0 aliphatic heterocycles. The van der Waals surface area contributed by atoms with Crippen molar-refractivity contribution >= 4 is 16.9 Å². The van der Waals surface area contributed by atoms with E-state index in [1.165, 1.54) is 7.11 Å². The van der Waals surface area contributed by atoms with Crippen molar-refractivity contribution in [3.05, 3.63) is 45.1 Å². The number of nitrogens with zero attached hydrogens (tertiary/aromatic N) is 1. The van der Waals surface area contributed by atoms with Gasteiger partial charge in [0, 0.05) is 0 Å². The van der Waals surface area contributed by atoms with E-state index in [2.05, 4.69) is 4.98 Å². The van der Waals surface area contributed by atoms with E-state index in [0.29, 0.717) is 23.7 Å². The van der Waals surface area contributed by atoms with Crippen LogP contribution in [0.4, 0.5) is 0 Å². The molecule has 2 unspecified atom stereocenters. The van der Waals surface area contributed by atoms with E-state index in [0.717, 1.165) is 23.8 Å². The second-order valence-electron chi connectivity index (χ2n) is 6.38. The Hall–Kier alpha value is -2.37. The second kappa shape index (κ2) is 6.26. The summed E-state index contributed by atoms with van der Waals surface area (Å²) < 4.78 is 6.17. The number of hydrogen-bond acceptors (Lipinski definition) is 4. The number of aromatic amines is 1. The fraction of sp³-hybridized carbons (Fsp3) is 0.500. The molecule has 1 heterocycles. The SMILES string of the molecule is CCC1CCCCC1(C(=O)OC)n1c(=O)[nH]c2ccccc2c1=O. The maximum atomic E-state index is 13.1. The van der Waals surface area contributed by atoms with Gasteiger partial charge in [0.05, 0.1) is 18.0 Å². The first-order valence-electron chi connectivity index (χ1n) is 8.39. The molecule has 0 amide bonds. The van der Waals surface area contributed by atoms with Crippen LogP contribution in [-0.4, -0.2) is 22.6 Å². The van der Waals surface area contributed by atoms with Crippen molar-refractivity contribution in [3.8, 4) is 0 Å². The van der Waals surface area contributed by atoms with Gasteiger partial charge in [-0.25, -0.2) is 14.2 Å². The Bertz CT molecular complexity index is 882. The first-order valence-corrected chi connectivity index (χ1v) is 8.39. The van der Waals surface area contributed by atoms with Crippen molar-refractivity contribution in [2.45, 2.75) is 44.6 Å². The van der Waals surface area contributed by atoms with Crippen LogP contribution in [0.5, 0.6) is 0 Å². The lowest BCUT2D eigenvalue weighted by molar-refractivity contribution is -0.157. The van der Waals surface area contributed by atoms with Crippen LogP contribution in [-0.2, 0) is 15.1 Å². The molecule has 0 radical (unpaired) electrons. The molecule has 0 saturated heterocycles. The largest absolute Gasteiger partial charge is 0.467 e. The number of H-pyrrole nitrogens is 1. The second-order valence-corrected chi connectivity index (χ2v) is 6.38. The van der Waals surface area contributed by atoms with Gasteiger partial charge in [-0.1, -0.05) is 38.3 Å². The van der Waals surface area contributed by atoms with Crippen molar-refractivity contribution in [2.75, 3.05) is 7.11 Å². The minimum Gasteiger partial charge on any atom is -0.467 e. The maximum Gasteiger partial charge on any atom is 0.332 e. The quantitative estimate of drug-likeness (QED) is 0.875. The normalized spacial score (nSPS) is 24.0. The number of esters is 1. The number of benzene rings is 1. The molecule has 1 aromatic heterocycles. The van der Waals surface area contributed by atoms with E-state index in [1.54, 1.807) is 24.3 Å². The third kappa shape index (κ3) is 2.28. The van der Waals surface area contributed by atoms with Crippen LogP contribution in [0.15, 0.2) is 33.9 Å². The van der Waals surface area contributed by atoms with Crippen molar-refractivity contribution in [2.24, 2.45) is 5.92 Å². The molecule has 1 aliphatic carbocycles. The van der Waals surface area contributed by atoms with Crippen LogP contribution in [0.1, 0.15) is 39.0 Å². The fourth-order valence-corrected chi connectivity index (χ4v) is 4.13. The predicted molar refractivity (Wildman–Crippen MR) is 91.1 cm³/mol. The van der Waals surface area contributed by atoms with E-state index in [9.17, 15) is 14.4 Å². The van der Waals surface area contributed by atoms with E-state index in [1.807, 2.05) is 6.92 Å². The Morgan fingerprint density at radius 3 is 2.79 bits per heavy atom. The summed E-state index contributed by atoms with van der Waals surface area (Å²) >= 11 is 0. The third-order valence-corrected chi connectivity index (χ3v) is 5.27. The average molecular weight is 330 g/mol. The molecular formula is C18H22N2O4. The third-order valence-electron chi connectivity index (χ3n) is 5.27. The highest BCUT2D eigenvalue weighted by Gasteiger charge is 2.50. The highest BCUT2D eigenvalue weighted by Crippen LogP contribution is 2.41. The lowest BCUT2D eigenvalue weighted by Crippen LogP contribution is -2.59. The summed E-state index contributed by atoms with van der Waals surface area (Å²) in [4.78, 5) is 41.3. The first kappa shape index (κ1) is 16.5. The van der Waals surface area contributed by atoms with E-state index in [4.69, 9.17) is 4.74 Å². The number of para-hydroxylation sites is 1. The zero-order valence-electron chi connectivity index (χ0n) is 14.0. The Morgan fingerprint density at radius 1 is 1.33 bits per heavy atom. The maximum absolute atomic E-state index is 13.1. The Labute approximate surface area is 139 Å². The van der Waals surface area contributed by atoms with Gasteiger partial charge in [0.15, 0.2) is 5.54 Å². The summed E-state index contributed by atoms with van der Waals surface area (Å²) in [5.41, 5.74) is -1.73. The van der Waals surface area contributed by atoms with Crippen LogP contribution >= 0.6 is 0 Å². The predicted octanol–water partition coefficient (Wildman–Crippen LogP) is 2.16. The Morgan fingerprint density at radius 2 is 2.08 bits per heavy atom. The summed E-state index contributed by atoms with van der Waals surface area (Å²) in [6.07, 6.45) is 3.71. The number of aromatic nitrogens is 2. The minimum absolute atomic E-state index is 0.0985. The van der Waals surface area contributed by atoms with Gasteiger partial charge in [-0.05, 0) is 30.9 Å². The van der Waals surface area contributed by atoms with Crippen molar-refractivity contribution in [1.82, 2.24) is 9.55 Å². The van der Waals surface area contributed by atoms with Gasteiger partial charge in [-0.2, -0.15) is 0 Å². The van der Waals surface area contributed by atoms with E-state index >= 15 is 0 Å². The van der Waals surface area contributed by atoms with E-state index < -0.39 is 22.8 Å². The molecule has 1 N–H and O–H groups in total. The van der Waals surface area contributed by atoms with Gasteiger partial charge in [0.2, 0.25) is 0 Å². The summed E-state index contributed by atoms with van der Waals surface area (Å²) in [5.74, 6) is -0.601. The molecule has 1 fully saturated rings. The monoisotopic (exact) mass is 330 g/mol. The number of rotatable bonds is 3. The molecule has 3 rings (SSSR count). The van der Waals surface area contributed by atoms with Gasteiger partial charge < -0.3 is 9.72 Å². The Balaban J connectivity index is 2.37. The minimum atomic E-state index is -1.23. The highest BCUT2D eigenvalue weighted by molar-refractivity contribution is 5.81. The van der Waals surface area contributed by atoms with Gasteiger partial charge >= 0.3 is 11.7 Å². The molecule has 0 bridgehead atoms. The summed E-state index contributed by atoms with van der Waals surface area (Å²) in [6.45, 7) is 1.98. The number of carbonyl (C=O) groups is 1. The molecule has 6 nitrogen and oxygen atoms in total. The van der Waals surface area contributed by atoms with Crippen LogP contribution in [0.2, 0.25) is 0 Å². The Kier molecular flexibility index (Phi) is 4.30. The highest BCUT2D eigenvalue weighted by atomic mass is 16.5. The summed E-state index contributed by atoms with van der Waals surface area (Å²) in [6, 6.07) is 6.85. The number of fused-ring (bicyclic) bond motifs is 1. The molecule has 1 aromatic carbocycles. The summed E-state index contributed by atoms with van der Waals surface area (Å²) in [5, 5.41) is 0.404. The molecule has 6 heteroatoms. The van der Waals surface area contributed by atoms with E-state index in [-0.39, 0.29) is 5.92 Å². The van der Waals surface area contributed by atoms with Crippen molar-refractivity contribution in [1.29, 1.82) is 0 Å². The fourth-order valence-electron chi connectivity index (χ4n) is 4.13. The van der Waals surface area contributed by atoms with Gasteiger partial charge in [0.1, 0.15) is 0 Å². The van der Waals surface area contributed by atoms with Gasteiger partial charge in [-0.15, -0.1) is 0 Å². The first-order chi connectivity index (χ1) is 11.6. The molecular weight excluding hydrogens is 308 g/mol. The molecule has 2 atom stereocenters. The molecule has 128 valence electrons. The van der Waals surface area contributed by atoms with Crippen LogP contribution < -0.4 is 11.2 Å². The number of nitrogens with one attached hydrogen (secondary N) is 1. The molecule has 0 spiro atoms. The lowest BCUT2D eigenvalue weighted by atomic mass is 9.71. The van der Waals surface area contributed by atoms with Crippen LogP contribution in [0.25, 0.3) is 10.9 Å².